The number of halogens is 1. The monoisotopic (exact) mass is 350 g/mol. The van der Waals surface area contributed by atoms with Crippen LogP contribution in [0.25, 0.3) is 0 Å². The van der Waals surface area contributed by atoms with Crippen molar-refractivity contribution in [3.05, 3.63) is 51.6 Å². The maximum Gasteiger partial charge on any atom is 0.338 e. The van der Waals surface area contributed by atoms with Crippen molar-refractivity contribution in [2.24, 2.45) is 0 Å². The van der Waals surface area contributed by atoms with Crippen LogP contribution in [0.3, 0.4) is 0 Å². The number of hydrogen-bond donors (Lipinski definition) is 1. The number of carbonyl (C=O) groups excluding carboxylic acids is 1. The van der Waals surface area contributed by atoms with Gasteiger partial charge in [-0.1, -0.05) is 22.0 Å². The Bertz CT molecular complexity index is 674. The fourth-order valence-corrected chi connectivity index (χ4v) is 2.26. The number of pyridine rings is 1. The highest BCUT2D eigenvalue weighted by Crippen LogP contribution is 2.23. The van der Waals surface area contributed by atoms with E-state index in [9.17, 15) is 4.79 Å². The fourth-order valence-electron chi connectivity index (χ4n) is 1.78. The first-order valence-corrected chi connectivity index (χ1v) is 7.03. The summed E-state index contributed by atoms with van der Waals surface area (Å²) in [4.78, 5) is 16.3. The van der Waals surface area contributed by atoms with Crippen LogP contribution in [-0.2, 0) is 11.3 Å². The average Bonchev–Trinajstić information content (AvgIpc) is 2.48. The molecular formula is C15H15BrN2O3. The predicted octanol–water partition coefficient (Wildman–Crippen LogP) is 3.10. The lowest BCUT2D eigenvalue weighted by Gasteiger charge is -2.10. The summed E-state index contributed by atoms with van der Waals surface area (Å²) in [5, 5.41) is 0. The maximum absolute atomic E-state index is 12.1. The maximum atomic E-state index is 12.1. The molecule has 0 spiro atoms. The molecule has 2 N–H and O–H groups in total. The molecule has 0 amide bonds. The van der Waals surface area contributed by atoms with Crippen LogP contribution in [0.1, 0.15) is 21.6 Å². The number of aromatic nitrogens is 1. The number of nitrogens with zero attached hydrogens (tertiary/aromatic N) is 1. The van der Waals surface area contributed by atoms with E-state index in [4.69, 9.17) is 15.2 Å². The van der Waals surface area contributed by atoms with Gasteiger partial charge in [0.1, 0.15) is 6.61 Å². The number of esters is 1. The highest BCUT2D eigenvalue weighted by molar-refractivity contribution is 9.10. The Morgan fingerprint density at radius 1 is 1.38 bits per heavy atom. The Morgan fingerprint density at radius 3 is 2.86 bits per heavy atom. The van der Waals surface area contributed by atoms with Crippen molar-refractivity contribution >= 4 is 27.6 Å². The van der Waals surface area contributed by atoms with Crippen LogP contribution in [-0.4, -0.2) is 18.1 Å². The first-order chi connectivity index (χ1) is 10.0. The van der Waals surface area contributed by atoms with Gasteiger partial charge in [-0.25, -0.2) is 9.78 Å². The zero-order chi connectivity index (χ0) is 15.4. The van der Waals surface area contributed by atoms with E-state index in [1.54, 1.807) is 37.3 Å². The number of anilines is 1. The minimum atomic E-state index is -0.440. The second kappa shape index (κ2) is 6.58. The molecule has 0 aliphatic heterocycles. The summed E-state index contributed by atoms with van der Waals surface area (Å²) < 4.78 is 11.0. The molecule has 0 aliphatic rings. The molecule has 2 rings (SSSR count). The molecule has 0 atom stereocenters. The van der Waals surface area contributed by atoms with Gasteiger partial charge < -0.3 is 15.2 Å². The van der Waals surface area contributed by atoms with E-state index in [2.05, 4.69) is 20.9 Å². The SMILES string of the molecule is COc1cccc(COC(=O)c2cc(Br)cc(N)c2C)n1. The van der Waals surface area contributed by atoms with Gasteiger partial charge >= 0.3 is 5.97 Å². The molecule has 6 heteroatoms. The number of benzene rings is 1. The summed E-state index contributed by atoms with van der Waals surface area (Å²) in [6, 6.07) is 8.71. The molecule has 1 aromatic carbocycles. The lowest BCUT2D eigenvalue weighted by molar-refractivity contribution is 0.0466. The molecule has 0 bridgehead atoms. The summed E-state index contributed by atoms with van der Waals surface area (Å²) in [5.41, 5.74) is 8.12. The van der Waals surface area contributed by atoms with Gasteiger partial charge in [-0.15, -0.1) is 0 Å². The van der Waals surface area contributed by atoms with Crippen molar-refractivity contribution in [2.45, 2.75) is 13.5 Å². The van der Waals surface area contributed by atoms with E-state index in [-0.39, 0.29) is 6.61 Å². The molecule has 1 aromatic heterocycles. The molecule has 110 valence electrons. The van der Waals surface area contributed by atoms with E-state index >= 15 is 0 Å². The third kappa shape index (κ3) is 3.72. The Balaban J connectivity index is 2.11. The molecule has 0 unspecified atom stereocenters. The van der Waals surface area contributed by atoms with Crippen molar-refractivity contribution in [2.75, 3.05) is 12.8 Å². The van der Waals surface area contributed by atoms with Crippen LogP contribution in [0.5, 0.6) is 5.88 Å². The van der Waals surface area contributed by atoms with Crippen molar-refractivity contribution in [1.29, 1.82) is 0 Å². The number of hydrogen-bond acceptors (Lipinski definition) is 5. The largest absolute Gasteiger partial charge is 0.481 e. The topological polar surface area (TPSA) is 74.4 Å². The molecule has 0 aliphatic carbocycles. The molecule has 21 heavy (non-hydrogen) atoms. The third-order valence-corrected chi connectivity index (χ3v) is 3.43. The molecular weight excluding hydrogens is 336 g/mol. The van der Waals surface area contributed by atoms with E-state index in [1.807, 2.05) is 0 Å². The normalized spacial score (nSPS) is 10.2. The number of methoxy groups -OCH3 is 1. The first kappa shape index (κ1) is 15.3. The number of nitrogens with two attached hydrogens (primary N) is 1. The Hall–Kier alpha value is -2.08. The quantitative estimate of drug-likeness (QED) is 0.677. The number of ether oxygens (including phenoxy) is 2. The average molecular weight is 351 g/mol. The standard InChI is InChI=1S/C15H15BrN2O3/c1-9-12(6-10(16)7-13(9)17)15(19)21-8-11-4-3-5-14(18-11)20-2/h3-7H,8,17H2,1-2H3. The molecule has 0 saturated heterocycles. The summed E-state index contributed by atoms with van der Waals surface area (Å²) >= 11 is 3.31. The van der Waals surface area contributed by atoms with Crippen LogP contribution in [0.2, 0.25) is 0 Å². The summed E-state index contributed by atoms with van der Waals surface area (Å²) in [6.45, 7) is 1.85. The molecule has 5 nitrogen and oxygen atoms in total. The van der Waals surface area contributed by atoms with Crippen LogP contribution in [0.15, 0.2) is 34.8 Å². The number of carbonyl (C=O) groups is 1. The summed E-state index contributed by atoms with van der Waals surface area (Å²) in [6.07, 6.45) is 0. The Kier molecular flexibility index (Phi) is 4.80. The predicted molar refractivity (Wildman–Crippen MR) is 83.2 cm³/mol. The zero-order valence-electron chi connectivity index (χ0n) is 11.7. The minimum absolute atomic E-state index is 0.0713. The first-order valence-electron chi connectivity index (χ1n) is 6.24. The fraction of sp³-hybridized carbons (Fsp3) is 0.200. The van der Waals surface area contributed by atoms with E-state index in [1.165, 1.54) is 7.11 Å². The second-order valence-corrected chi connectivity index (χ2v) is 5.33. The van der Waals surface area contributed by atoms with E-state index < -0.39 is 5.97 Å². The summed E-state index contributed by atoms with van der Waals surface area (Å²) in [5.74, 6) is 0.0385. The van der Waals surface area contributed by atoms with Gasteiger partial charge in [0.2, 0.25) is 5.88 Å². The summed E-state index contributed by atoms with van der Waals surface area (Å²) in [7, 11) is 1.53. The van der Waals surface area contributed by atoms with Crippen molar-refractivity contribution in [3.63, 3.8) is 0 Å². The zero-order valence-corrected chi connectivity index (χ0v) is 13.3. The van der Waals surface area contributed by atoms with Crippen LogP contribution < -0.4 is 10.5 Å². The van der Waals surface area contributed by atoms with Crippen LogP contribution in [0.4, 0.5) is 5.69 Å². The van der Waals surface area contributed by atoms with Gasteiger partial charge in [-0.3, -0.25) is 0 Å². The molecule has 0 saturated carbocycles. The minimum Gasteiger partial charge on any atom is -0.481 e. The Labute approximate surface area is 131 Å². The number of nitrogen functional groups attached to an aromatic ring is 1. The van der Waals surface area contributed by atoms with Gasteiger partial charge in [0, 0.05) is 16.2 Å². The highest BCUT2D eigenvalue weighted by atomic mass is 79.9. The van der Waals surface area contributed by atoms with E-state index in [0.29, 0.717) is 28.4 Å². The van der Waals surface area contributed by atoms with Crippen molar-refractivity contribution < 1.29 is 14.3 Å². The molecule has 0 fully saturated rings. The molecule has 0 radical (unpaired) electrons. The van der Waals surface area contributed by atoms with Gasteiger partial charge in [-0.05, 0) is 30.7 Å². The smallest absolute Gasteiger partial charge is 0.338 e. The van der Waals surface area contributed by atoms with Crippen LogP contribution in [0, 0.1) is 6.92 Å². The van der Waals surface area contributed by atoms with Crippen molar-refractivity contribution in [1.82, 2.24) is 4.98 Å². The number of rotatable bonds is 4. The molecule has 1 heterocycles. The lowest BCUT2D eigenvalue weighted by atomic mass is 10.1. The lowest BCUT2D eigenvalue weighted by Crippen LogP contribution is -2.09. The second-order valence-electron chi connectivity index (χ2n) is 4.41. The Morgan fingerprint density at radius 2 is 2.14 bits per heavy atom. The van der Waals surface area contributed by atoms with E-state index in [0.717, 1.165) is 4.47 Å². The van der Waals surface area contributed by atoms with Crippen molar-refractivity contribution in [3.8, 4) is 5.88 Å². The van der Waals surface area contributed by atoms with Gasteiger partial charge in [0.15, 0.2) is 0 Å². The third-order valence-electron chi connectivity index (χ3n) is 2.97. The van der Waals surface area contributed by atoms with Gasteiger partial charge in [0.05, 0.1) is 18.4 Å². The highest BCUT2D eigenvalue weighted by Gasteiger charge is 2.14. The van der Waals surface area contributed by atoms with Gasteiger partial charge in [0.25, 0.3) is 0 Å². The van der Waals surface area contributed by atoms with Gasteiger partial charge in [-0.2, -0.15) is 0 Å². The van der Waals surface area contributed by atoms with Crippen LogP contribution >= 0.6 is 15.9 Å². The molecule has 2 aromatic rings.